The Morgan fingerprint density at radius 1 is 0.370 bits per heavy atom. The topological polar surface area (TPSA) is 0 Å². The predicted octanol–water partition coefficient (Wildman–Crippen LogP) is 28.8. The van der Waals surface area contributed by atoms with E-state index in [1.54, 1.807) is 28.7 Å². The van der Waals surface area contributed by atoms with Gasteiger partial charge in [-0.25, -0.2) is 0 Å². The highest BCUT2D eigenvalue weighted by Crippen LogP contribution is 2.60. The molecule has 0 spiro atoms. The van der Waals surface area contributed by atoms with Gasteiger partial charge in [-0.2, -0.15) is 0 Å². The molecule has 0 heterocycles. The van der Waals surface area contributed by atoms with Gasteiger partial charge in [-0.05, 0) is 358 Å². The fourth-order valence-corrected chi connectivity index (χ4v) is 20.2. The molecule has 0 N–H and O–H groups in total. The molecule has 9 fully saturated rings. The second kappa shape index (κ2) is 36.3. The fraction of sp³-hybridized carbons (Fsp3) is 0.520. The van der Waals surface area contributed by atoms with Crippen molar-refractivity contribution in [2.45, 2.75) is 294 Å². The van der Waals surface area contributed by atoms with E-state index in [2.05, 4.69) is 301 Å². The Labute approximate surface area is 613 Å². The molecule has 0 aromatic heterocycles. The number of hydrogen-bond donors (Lipinski definition) is 0. The van der Waals surface area contributed by atoms with Crippen LogP contribution in [0.1, 0.15) is 298 Å². The molecule has 3 unspecified atom stereocenters. The summed E-state index contributed by atoms with van der Waals surface area (Å²) in [4.78, 5) is 0. The highest BCUT2D eigenvalue weighted by molar-refractivity contribution is 5.39. The van der Waals surface area contributed by atoms with E-state index in [4.69, 9.17) is 0 Å². The van der Waals surface area contributed by atoms with E-state index >= 15 is 0 Å². The van der Waals surface area contributed by atoms with Crippen LogP contribution in [0.25, 0.3) is 0 Å². The molecule has 0 heteroatoms. The van der Waals surface area contributed by atoms with E-state index in [1.165, 1.54) is 205 Å². The minimum atomic E-state index is 0.274. The Morgan fingerprint density at radius 2 is 0.850 bits per heavy atom. The van der Waals surface area contributed by atoms with Crippen molar-refractivity contribution in [3.63, 3.8) is 0 Å². The number of rotatable bonds is 6. The first-order valence-corrected chi connectivity index (χ1v) is 40.3. The largest absolute Gasteiger partial charge is 0.0620 e. The molecule has 9 aliphatic rings. The summed E-state index contributed by atoms with van der Waals surface area (Å²) in [7, 11) is 0. The van der Waals surface area contributed by atoms with Gasteiger partial charge in [-0.15, -0.1) is 0 Å². The third-order valence-electron chi connectivity index (χ3n) is 25.6. The highest BCUT2D eigenvalue weighted by Gasteiger charge is 2.49. The van der Waals surface area contributed by atoms with Gasteiger partial charge in [0.1, 0.15) is 0 Å². The van der Waals surface area contributed by atoms with Crippen LogP contribution in [0.3, 0.4) is 0 Å². The maximum Gasteiger partial charge on any atom is -0.00415 e. The highest BCUT2D eigenvalue weighted by atomic mass is 14.5. The van der Waals surface area contributed by atoms with E-state index in [9.17, 15) is 0 Å². The van der Waals surface area contributed by atoms with E-state index in [0.29, 0.717) is 11.3 Å². The van der Waals surface area contributed by atoms with Crippen molar-refractivity contribution in [3.8, 4) is 0 Å². The molecule has 8 aromatic rings. The van der Waals surface area contributed by atoms with Crippen LogP contribution in [-0.4, -0.2) is 0 Å². The van der Waals surface area contributed by atoms with Crippen LogP contribution in [0, 0.1) is 131 Å². The first kappa shape index (κ1) is 77.9. The molecular formula is C100H136. The van der Waals surface area contributed by atoms with Crippen molar-refractivity contribution >= 4 is 0 Å². The molecule has 100 heavy (non-hydrogen) atoms. The summed E-state index contributed by atoms with van der Waals surface area (Å²) in [5, 5.41) is 0. The van der Waals surface area contributed by atoms with Gasteiger partial charge in [0.05, 0.1) is 0 Å². The Morgan fingerprint density at radius 3 is 1.30 bits per heavy atom. The Kier molecular flexibility index (Phi) is 28.3. The minimum absolute atomic E-state index is 0.274. The van der Waals surface area contributed by atoms with Gasteiger partial charge in [-0.1, -0.05) is 259 Å². The molecule has 8 aromatic carbocycles. The molecule has 8 bridgehead atoms. The first-order valence-electron chi connectivity index (χ1n) is 40.3. The van der Waals surface area contributed by atoms with Crippen LogP contribution in [-0.2, 0) is 17.3 Å². The Hall–Kier alpha value is -6.24. The maximum absolute atomic E-state index is 2.41. The average Bonchev–Trinajstić information content (AvgIpc) is 0.872. The van der Waals surface area contributed by atoms with Gasteiger partial charge >= 0.3 is 0 Å². The number of aryl methyl sites for hydroxylation is 14. The normalized spacial score (nSPS) is 24.0. The molecule has 536 valence electrons. The molecule has 0 nitrogen and oxygen atoms in total. The van der Waals surface area contributed by atoms with E-state index in [1.807, 2.05) is 0 Å². The van der Waals surface area contributed by atoms with Crippen LogP contribution in [0.2, 0.25) is 0 Å². The predicted molar refractivity (Wildman–Crippen MR) is 437 cm³/mol. The summed E-state index contributed by atoms with van der Waals surface area (Å²) in [6, 6.07) is 62.4. The summed E-state index contributed by atoms with van der Waals surface area (Å²) in [6.45, 7) is 41.9. The molecule has 0 radical (unpaired) electrons. The number of fused-ring (bicyclic) bond motifs is 4. The van der Waals surface area contributed by atoms with Crippen molar-refractivity contribution in [2.24, 2.45) is 41.4 Å². The average molecular weight is 1340 g/mol. The van der Waals surface area contributed by atoms with Gasteiger partial charge < -0.3 is 0 Å². The lowest BCUT2D eigenvalue weighted by molar-refractivity contribution is -0.00297. The summed E-state index contributed by atoms with van der Waals surface area (Å²) in [5.74, 6) is 10.7. The van der Waals surface area contributed by atoms with Gasteiger partial charge in [0.15, 0.2) is 0 Å². The summed E-state index contributed by atoms with van der Waals surface area (Å²) < 4.78 is 0. The van der Waals surface area contributed by atoms with E-state index in [0.717, 1.165) is 65.6 Å². The Bertz CT molecular complexity index is 3810. The molecule has 0 saturated heterocycles. The lowest BCUT2D eigenvalue weighted by Gasteiger charge is -2.55. The zero-order chi connectivity index (χ0) is 71.8. The SMILES string of the molecule is CCc1cc(C)ccc1C.Cc1ccc(C)c(C(C)(C)C)c1.Cc1ccc(C)c(C(C)C)c1.Cc1ccc(C)c(C)c1.Cc1ccccc1C12CCC(CC1)C2.Cc1ccccc1C1C2CC3CC(C2)CC1C3.Cc1ccccc1C1CC2CCC1C2.Cc1ccccc1C1CCCCC1. The third kappa shape index (κ3) is 21.0. The summed E-state index contributed by atoms with van der Waals surface area (Å²) in [6.07, 6.45) is 29.3. The van der Waals surface area contributed by atoms with Crippen molar-refractivity contribution in [1.82, 2.24) is 0 Å². The lowest BCUT2D eigenvalue weighted by atomic mass is 9.50. The molecule has 17 rings (SSSR count). The smallest absolute Gasteiger partial charge is 0.00415 e. The maximum atomic E-state index is 2.41. The molecule has 9 saturated carbocycles. The molecule has 0 aliphatic heterocycles. The molecule has 9 aliphatic carbocycles. The lowest BCUT2D eigenvalue weighted by Crippen LogP contribution is -2.43. The summed E-state index contributed by atoms with van der Waals surface area (Å²) >= 11 is 0. The van der Waals surface area contributed by atoms with E-state index < -0.39 is 0 Å². The monoisotopic (exact) mass is 1340 g/mol. The van der Waals surface area contributed by atoms with Gasteiger partial charge in [0.25, 0.3) is 0 Å². The van der Waals surface area contributed by atoms with Gasteiger partial charge in [0, 0.05) is 0 Å². The van der Waals surface area contributed by atoms with Crippen molar-refractivity contribution in [1.29, 1.82) is 0 Å². The van der Waals surface area contributed by atoms with E-state index in [-0.39, 0.29) is 5.41 Å². The van der Waals surface area contributed by atoms with Gasteiger partial charge in [0.2, 0.25) is 0 Å². The van der Waals surface area contributed by atoms with Crippen LogP contribution < -0.4 is 0 Å². The van der Waals surface area contributed by atoms with Crippen molar-refractivity contribution in [2.75, 3.05) is 0 Å². The van der Waals surface area contributed by atoms with Crippen LogP contribution in [0.5, 0.6) is 0 Å². The standard InChI is InChI=1S/C17H22.2C14H18.C13H18.C12H18.C11H16.C10H14.C9H12/c1-11-4-2-3-5-16(11)17-14-7-12-6-13(9-14)10-15(17)8-12;1-11-4-2-3-5-13(11)14-8-6-12(10-14)7-9-14;1-10-4-2-3-5-13(10)14-9-11-6-7-12(14)8-11;1-11-7-5-6-10-13(11)12-8-3-2-4-9-12;1-9-6-7-10(2)11(8-9)12(3,4)5;1-8(2)11-7-9(3)5-6-10(11)4;1-4-10-7-8(2)5-6-9(10)3;1-7-4-5-8(2)9(3)6-7/h2-5,12-15,17H,6-10H2,1H3;2-5,12H,6-10H2,1H3;2-5,11-12,14H,6-9H2,1H3;5-7,10,12H,2-4,8-9H2,1H3;6-8H,1-5H3;5-8H,1-4H3;5-7H,4H2,1-3H3;4-6H,1-3H3. The molecule has 0 amide bonds. The first-order chi connectivity index (χ1) is 47.8. The third-order valence-corrected chi connectivity index (χ3v) is 25.6. The fourth-order valence-electron chi connectivity index (χ4n) is 20.2. The van der Waals surface area contributed by atoms with Crippen molar-refractivity contribution < 1.29 is 0 Å². The zero-order valence-corrected chi connectivity index (χ0v) is 66.7. The van der Waals surface area contributed by atoms with Crippen molar-refractivity contribution in [3.05, 3.63) is 281 Å². The molecular weight excluding hydrogens is 1200 g/mol. The summed E-state index contributed by atoms with van der Waals surface area (Å²) in [5.41, 5.74) is 30.3. The van der Waals surface area contributed by atoms with Crippen LogP contribution in [0.15, 0.2) is 170 Å². The second-order valence-corrected chi connectivity index (χ2v) is 34.8. The Balaban J connectivity index is 0.000000134. The quantitative estimate of drug-likeness (QED) is 0.156. The number of benzene rings is 8. The minimum Gasteiger partial charge on any atom is -0.0620 e. The molecule has 3 atom stereocenters. The zero-order valence-electron chi connectivity index (χ0n) is 66.7. The second-order valence-electron chi connectivity index (χ2n) is 34.8. The van der Waals surface area contributed by atoms with Gasteiger partial charge in [-0.3, -0.25) is 0 Å². The van der Waals surface area contributed by atoms with Crippen LogP contribution >= 0.6 is 0 Å². The van der Waals surface area contributed by atoms with Crippen LogP contribution in [0.4, 0.5) is 0 Å². The number of hydrogen-bond acceptors (Lipinski definition) is 0.